The van der Waals surface area contributed by atoms with Gasteiger partial charge in [0.05, 0.1) is 15.6 Å². The lowest BCUT2D eigenvalue weighted by Crippen LogP contribution is -2.07. The van der Waals surface area contributed by atoms with Crippen molar-refractivity contribution >= 4 is 37.7 Å². The normalized spacial score (nSPS) is 12.0. The van der Waals surface area contributed by atoms with E-state index in [4.69, 9.17) is 4.42 Å². The van der Waals surface area contributed by atoms with Gasteiger partial charge in [0.25, 0.3) is 0 Å². The molecule has 5 aromatic rings. The molecule has 136 valence electrons. The van der Waals surface area contributed by atoms with Crippen LogP contribution in [0.15, 0.2) is 88.4 Å². The van der Waals surface area contributed by atoms with Crippen molar-refractivity contribution < 1.29 is 4.42 Å². The van der Waals surface area contributed by atoms with Gasteiger partial charge in [-0.1, -0.05) is 59.9 Å². The molecule has 0 spiro atoms. The summed E-state index contributed by atoms with van der Waals surface area (Å²) in [5.41, 5.74) is 7.07. The highest BCUT2D eigenvalue weighted by molar-refractivity contribution is 7.22. The highest BCUT2D eigenvalue weighted by Crippen LogP contribution is 2.26. The number of nitrogens with one attached hydrogen (secondary N) is 1. The van der Waals surface area contributed by atoms with Crippen LogP contribution in [0.25, 0.3) is 32.5 Å². The lowest BCUT2D eigenvalue weighted by Gasteiger charge is -2.06. The molecule has 5 heteroatoms. The van der Waals surface area contributed by atoms with E-state index in [0.29, 0.717) is 0 Å². The Morgan fingerprint density at radius 3 is 2.61 bits per heavy atom. The molecule has 0 unspecified atom stereocenters. The third kappa shape index (κ3) is 3.17. The molecule has 0 aliphatic carbocycles. The van der Waals surface area contributed by atoms with E-state index in [1.54, 1.807) is 11.3 Å². The fraction of sp³-hybridized carbons (Fsp3) is 0.0435. The van der Waals surface area contributed by atoms with Gasteiger partial charge in [-0.05, 0) is 36.8 Å². The Kier molecular flexibility index (Phi) is 4.14. The van der Waals surface area contributed by atoms with Gasteiger partial charge in [0.2, 0.25) is 5.13 Å². The number of aromatic nitrogens is 1. The van der Waals surface area contributed by atoms with Crippen LogP contribution in [0, 0.1) is 6.92 Å². The molecule has 0 aliphatic heterocycles. The van der Waals surface area contributed by atoms with Crippen LogP contribution in [-0.2, 0) is 0 Å². The van der Waals surface area contributed by atoms with Gasteiger partial charge >= 0.3 is 0 Å². The van der Waals surface area contributed by atoms with Crippen molar-refractivity contribution in [3.8, 4) is 11.3 Å². The van der Waals surface area contributed by atoms with Crippen molar-refractivity contribution in [2.75, 3.05) is 5.43 Å². The van der Waals surface area contributed by atoms with Gasteiger partial charge in [-0.15, -0.1) is 0 Å². The molecule has 3 aromatic carbocycles. The van der Waals surface area contributed by atoms with E-state index in [1.165, 1.54) is 0 Å². The molecule has 0 radical (unpaired) electrons. The molecule has 2 heterocycles. The molecule has 0 bridgehead atoms. The quantitative estimate of drug-likeness (QED) is 0.392. The molecular weight excluding hydrogens is 366 g/mol. The maximum Gasteiger partial charge on any atom is 0.204 e. The van der Waals surface area contributed by atoms with Crippen molar-refractivity contribution in [2.45, 2.75) is 6.92 Å². The summed E-state index contributed by atoms with van der Waals surface area (Å²) in [5, 5.41) is 7.20. The van der Waals surface area contributed by atoms with Crippen molar-refractivity contribution in [2.24, 2.45) is 5.10 Å². The number of hydrogen-bond donors (Lipinski definition) is 1. The van der Waals surface area contributed by atoms with Crippen molar-refractivity contribution in [1.29, 1.82) is 0 Å². The minimum absolute atomic E-state index is 0.767. The highest BCUT2D eigenvalue weighted by atomic mass is 32.1. The van der Waals surface area contributed by atoms with Crippen LogP contribution in [0.2, 0.25) is 0 Å². The maximum atomic E-state index is 6.17. The third-order valence-corrected chi connectivity index (χ3v) is 5.47. The number of thiazole rings is 1. The number of hydrogen-bond acceptors (Lipinski definition) is 5. The van der Waals surface area contributed by atoms with E-state index in [-0.39, 0.29) is 0 Å². The topological polar surface area (TPSA) is 50.4 Å². The van der Waals surface area contributed by atoms with E-state index in [0.717, 1.165) is 48.6 Å². The van der Waals surface area contributed by atoms with Gasteiger partial charge in [0.15, 0.2) is 0 Å². The largest absolute Gasteiger partial charge is 0.456 e. The Morgan fingerprint density at radius 2 is 1.75 bits per heavy atom. The summed E-state index contributed by atoms with van der Waals surface area (Å²) < 4.78 is 7.30. The summed E-state index contributed by atoms with van der Waals surface area (Å²) >= 11 is 1.59. The average molecular weight is 383 g/mol. The fourth-order valence-electron chi connectivity index (χ4n) is 3.14. The Morgan fingerprint density at radius 1 is 0.929 bits per heavy atom. The second kappa shape index (κ2) is 6.94. The highest BCUT2D eigenvalue weighted by Gasteiger charge is 2.07. The first-order valence-corrected chi connectivity index (χ1v) is 9.83. The van der Waals surface area contributed by atoms with Crippen LogP contribution in [0.5, 0.6) is 0 Å². The molecule has 0 saturated carbocycles. The summed E-state index contributed by atoms with van der Waals surface area (Å²) in [6, 6.07) is 26.2. The SMILES string of the molecule is Cc1ccc2/c(=N\Nc3nc4ccccc4s3)cc(-c3ccccc3)oc2c1. The number of para-hydroxylation sites is 1. The Balaban J connectivity index is 1.65. The van der Waals surface area contributed by atoms with Crippen LogP contribution < -0.4 is 10.8 Å². The van der Waals surface area contributed by atoms with Crippen LogP contribution in [0.4, 0.5) is 5.13 Å². The van der Waals surface area contributed by atoms with Gasteiger partial charge in [0.1, 0.15) is 11.3 Å². The summed E-state index contributed by atoms with van der Waals surface area (Å²) in [6.45, 7) is 2.06. The number of fused-ring (bicyclic) bond motifs is 2. The first-order valence-electron chi connectivity index (χ1n) is 9.01. The van der Waals surface area contributed by atoms with Crippen LogP contribution >= 0.6 is 11.3 Å². The fourth-order valence-corrected chi connectivity index (χ4v) is 3.95. The van der Waals surface area contributed by atoms with Gasteiger partial charge in [-0.3, -0.25) is 5.43 Å². The molecule has 28 heavy (non-hydrogen) atoms. The van der Waals surface area contributed by atoms with Gasteiger partial charge in [-0.25, -0.2) is 4.98 Å². The first kappa shape index (κ1) is 16.7. The lowest BCUT2D eigenvalue weighted by molar-refractivity contribution is 0.618. The lowest BCUT2D eigenvalue weighted by atomic mass is 10.1. The Labute approximate surface area is 165 Å². The zero-order valence-corrected chi connectivity index (χ0v) is 16.0. The molecule has 0 fully saturated rings. The van der Waals surface area contributed by atoms with Crippen LogP contribution in [-0.4, -0.2) is 4.98 Å². The minimum atomic E-state index is 0.767. The summed E-state index contributed by atoms with van der Waals surface area (Å²) in [5.74, 6) is 0.781. The zero-order chi connectivity index (χ0) is 18.9. The zero-order valence-electron chi connectivity index (χ0n) is 15.2. The molecule has 0 atom stereocenters. The summed E-state index contributed by atoms with van der Waals surface area (Å²) in [7, 11) is 0. The smallest absolute Gasteiger partial charge is 0.204 e. The maximum absolute atomic E-state index is 6.17. The van der Waals surface area contributed by atoms with Crippen LogP contribution in [0.3, 0.4) is 0 Å². The molecule has 0 amide bonds. The first-order chi connectivity index (χ1) is 13.8. The van der Waals surface area contributed by atoms with Gasteiger partial charge in [-0.2, -0.15) is 5.10 Å². The van der Waals surface area contributed by atoms with Crippen molar-refractivity contribution in [3.63, 3.8) is 0 Å². The number of nitrogens with zero attached hydrogens (tertiary/aromatic N) is 2. The Bertz CT molecular complexity index is 1320. The second-order valence-corrected chi connectivity index (χ2v) is 7.60. The molecule has 0 aliphatic rings. The average Bonchev–Trinajstić information content (AvgIpc) is 3.15. The minimum Gasteiger partial charge on any atom is -0.456 e. The van der Waals surface area contributed by atoms with E-state index in [2.05, 4.69) is 34.6 Å². The number of benzene rings is 3. The number of aryl methyl sites for hydroxylation is 1. The van der Waals surface area contributed by atoms with Gasteiger partial charge in [0, 0.05) is 17.0 Å². The number of rotatable bonds is 3. The van der Waals surface area contributed by atoms with Crippen LogP contribution in [0.1, 0.15) is 5.56 Å². The molecule has 5 rings (SSSR count). The molecule has 0 saturated heterocycles. The second-order valence-electron chi connectivity index (χ2n) is 6.57. The molecule has 4 nitrogen and oxygen atoms in total. The van der Waals surface area contributed by atoms with E-state index >= 15 is 0 Å². The van der Waals surface area contributed by atoms with E-state index in [1.807, 2.05) is 66.7 Å². The monoisotopic (exact) mass is 383 g/mol. The molecular formula is C23H17N3OS. The predicted molar refractivity (Wildman–Crippen MR) is 115 cm³/mol. The third-order valence-electron chi connectivity index (χ3n) is 4.52. The van der Waals surface area contributed by atoms with E-state index < -0.39 is 0 Å². The molecule has 1 N–H and O–H groups in total. The predicted octanol–water partition coefficient (Wildman–Crippen LogP) is 5.95. The van der Waals surface area contributed by atoms with Crippen molar-refractivity contribution in [3.05, 3.63) is 89.8 Å². The summed E-state index contributed by atoms with van der Waals surface area (Å²) in [6.07, 6.45) is 0. The number of anilines is 1. The van der Waals surface area contributed by atoms with Gasteiger partial charge < -0.3 is 4.42 Å². The van der Waals surface area contributed by atoms with Crippen molar-refractivity contribution in [1.82, 2.24) is 4.98 Å². The molecule has 2 aromatic heterocycles. The van der Waals surface area contributed by atoms with E-state index in [9.17, 15) is 0 Å². The Hall–Kier alpha value is -3.44. The summed E-state index contributed by atoms with van der Waals surface area (Å²) in [4.78, 5) is 4.59. The standard InChI is InChI=1S/C23H17N3OS/c1-15-11-12-17-19(25-26-23-24-18-9-5-6-10-22(18)28-23)14-20(27-21(17)13-15)16-7-3-2-4-8-16/h2-14H,1H3,(H,24,26)/b25-19-.